The minimum Gasteiger partial charge on any atom is -0.443 e. The minimum atomic E-state index is -0.499. The van der Waals surface area contributed by atoms with Crippen LogP contribution in [0, 0.1) is 0 Å². The SMILES string of the molecule is CC(C)(C)OC(=O)n1ccc2cc(COC3CCCCC3)ccc21. The molecule has 0 amide bonds. The van der Waals surface area contributed by atoms with E-state index in [4.69, 9.17) is 9.47 Å². The van der Waals surface area contributed by atoms with E-state index in [0.717, 1.165) is 16.5 Å². The molecule has 4 heteroatoms. The van der Waals surface area contributed by atoms with Crippen molar-refractivity contribution in [1.82, 2.24) is 4.57 Å². The van der Waals surface area contributed by atoms with Gasteiger partial charge in [0.1, 0.15) is 5.60 Å². The Kier molecular flexibility index (Phi) is 4.95. The summed E-state index contributed by atoms with van der Waals surface area (Å²) in [6.07, 6.45) is 8.08. The van der Waals surface area contributed by atoms with Crippen molar-refractivity contribution in [3.05, 3.63) is 36.0 Å². The minimum absolute atomic E-state index is 0.344. The van der Waals surface area contributed by atoms with E-state index in [1.165, 1.54) is 32.1 Å². The Morgan fingerprint density at radius 1 is 1.17 bits per heavy atom. The molecule has 130 valence electrons. The lowest BCUT2D eigenvalue weighted by Gasteiger charge is -2.22. The van der Waals surface area contributed by atoms with Gasteiger partial charge >= 0.3 is 6.09 Å². The number of nitrogens with zero attached hydrogens (tertiary/aromatic N) is 1. The molecule has 3 rings (SSSR count). The van der Waals surface area contributed by atoms with Crippen molar-refractivity contribution in [1.29, 1.82) is 0 Å². The largest absolute Gasteiger partial charge is 0.443 e. The molecule has 4 nitrogen and oxygen atoms in total. The number of ether oxygens (including phenoxy) is 2. The van der Waals surface area contributed by atoms with Crippen LogP contribution in [-0.4, -0.2) is 22.4 Å². The molecule has 0 radical (unpaired) electrons. The molecule has 1 saturated carbocycles. The lowest BCUT2D eigenvalue weighted by atomic mass is 9.98. The number of hydrogen-bond acceptors (Lipinski definition) is 3. The molecule has 0 spiro atoms. The highest BCUT2D eigenvalue weighted by molar-refractivity contribution is 5.89. The van der Waals surface area contributed by atoms with Gasteiger partial charge in [0.25, 0.3) is 0 Å². The molecule has 0 unspecified atom stereocenters. The van der Waals surface area contributed by atoms with Gasteiger partial charge in [0.05, 0.1) is 18.2 Å². The van der Waals surface area contributed by atoms with Crippen molar-refractivity contribution in [2.45, 2.75) is 71.2 Å². The summed E-state index contributed by atoms with van der Waals surface area (Å²) in [5.41, 5.74) is 1.52. The summed E-state index contributed by atoms with van der Waals surface area (Å²) < 4.78 is 13.0. The van der Waals surface area contributed by atoms with E-state index in [-0.39, 0.29) is 6.09 Å². The second-order valence-electron chi connectivity index (χ2n) is 7.63. The van der Waals surface area contributed by atoms with Gasteiger partial charge in [-0.15, -0.1) is 0 Å². The Morgan fingerprint density at radius 2 is 1.92 bits per heavy atom. The van der Waals surface area contributed by atoms with Crippen LogP contribution in [0.5, 0.6) is 0 Å². The monoisotopic (exact) mass is 329 g/mol. The molecule has 1 aliphatic rings. The highest BCUT2D eigenvalue weighted by Crippen LogP contribution is 2.23. The third-order valence-corrected chi connectivity index (χ3v) is 4.38. The smallest absolute Gasteiger partial charge is 0.418 e. The zero-order valence-corrected chi connectivity index (χ0v) is 14.9. The Labute approximate surface area is 143 Å². The molecule has 1 aliphatic carbocycles. The number of rotatable bonds is 3. The van der Waals surface area contributed by atoms with E-state index in [2.05, 4.69) is 6.07 Å². The van der Waals surface area contributed by atoms with Crippen LogP contribution >= 0.6 is 0 Å². The first kappa shape index (κ1) is 17.0. The van der Waals surface area contributed by atoms with E-state index in [1.807, 2.05) is 39.0 Å². The zero-order chi connectivity index (χ0) is 17.2. The van der Waals surface area contributed by atoms with Gasteiger partial charge in [-0.3, -0.25) is 4.57 Å². The van der Waals surface area contributed by atoms with Gasteiger partial charge in [-0.1, -0.05) is 25.3 Å². The topological polar surface area (TPSA) is 40.5 Å². The summed E-state index contributed by atoms with van der Waals surface area (Å²) in [6.45, 7) is 6.25. The average molecular weight is 329 g/mol. The molecule has 0 aliphatic heterocycles. The predicted molar refractivity (Wildman–Crippen MR) is 95.2 cm³/mol. The number of carbonyl (C=O) groups is 1. The average Bonchev–Trinajstić information content (AvgIpc) is 2.95. The fourth-order valence-electron chi connectivity index (χ4n) is 3.20. The maximum Gasteiger partial charge on any atom is 0.418 e. The number of fused-ring (bicyclic) bond motifs is 1. The second kappa shape index (κ2) is 6.98. The van der Waals surface area contributed by atoms with Crippen LogP contribution in [0.25, 0.3) is 10.9 Å². The Balaban J connectivity index is 1.69. The fraction of sp³-hybridized carbons (Fsp3) is 0.550. The fourth-order valence-corrected chi connectivity index (χ4v) is 3.20. The third kappa shape index (κ3) is 4.18. The summed E-state index contributed by atoms with van der Waals surface area (Å²) in [5.74, 6) is 0. The number of hydrogen-bond donors (Lipinski definition) is 0. The van der Waals surface area contributed by atoms with Crippen LogP contribution in [0.3, 0.4) is 0 Å². The van der Waals surface area contributed by atoms with Gasteiger partial charge < -0.3 is 9.47 Å². The third-order valence-electron chi connectivity index (χ3n) is 4.38. The molecule has 1 fully saturated rings. The molecule has 0 atom stereocenters. The van der Waals surface area contributed by atoms with Crippen LogP contribution in [0.4, 0.5) is 4.79 Å². The summed E-state index contributed by atoms with van der Waals surface area (Å²) in [6, 6.07) is 8.05. The van der Waals surface area contributed by atoms with E-state index >= 15 is 0 Å². The molecule has 0 saturated heterocycles. The second-order valence-corrected chi connectivity index (χ2v) is 7.63. The highest BCUT2D eigenvalue weighted by Gasteiger charge is 2.19. The van der Waals surface area contributed by atoms with Crippen molar-refractivity contribution < 1.29 is 14.3 Å². The van der Waals surface area contributed by atoms with Crippen LogP contribution in [0.15, 0.2) is 30.5 Å². The van der Waals surface area contributed by atoms with E-state index in [0.29, 0.717) is 12.7 Å². The van der Waals surface area contributed by atoms with Gasteiger partial charge in [-0.2, -0.15) is 0 Å². The van der Waals surface area contributed by atoms with Crippen molar-refractivity contribution in [2.24, 2.45) is 0 Å². The molecular formula is C20H27NO3. The molecular weight excluding hydrogens is 302 g/mol. The zero-order valence-electron chi connectivity index (χ0n) is 14.9. The molecule has 0 N–H and O–H groups in total. The van der Waals surface area contributed by atoms with Crippen molar-refractivity contribution in [3.8, 4) is 0 Å². The van der Waals surface area contributed by atoms with Crippen LogP contribution in [-0.2, 0) is 16.1 Å². The lowest BCUT2D eigenvalue weighted by molar-refractivity contribution is 0.0169. The van der Waals surface area contributed by atoms with Crippen LogP contribution in [0.2, 0.25) is 0 Å². The van der Waals surface area contributed by atoms with Crippen molar-refractivity contribution in [3.63, 3.8) is 0 Å². The Bertz CT molecular complexity index is 705. The number of carbonyl (C=O) groups excluding carboxylic acids is 1. The van der Waals surface area contributed by atoms with Gasteiger partial charge in [-0.25, -0.2) is 4.79 Å². The van der Waals surface area contributed by atoms with Gasteiger partial charge in [-0.05, 0) is 57.4 Å². The quantitative estimate of drug-likeness (QED) is 0.770. The number of benzene rings is 1. The van der Waals surface area contributed by atoms with Crippen molar-refractivity contribution >= 4 is 17.0 Å². The van der Waals surface area contributed by atoms with E-state index < -0.39 is 5.60 Å². The Morgan fingerprint density at radius 3 is 2.62 bits per heavy atom. The predicted octanol–water partition coefficient (Wildman–Crippen LogP) is 5.27. The molecule has 1 aromatic carbocycles. The van der Waals surface area contributed by atoms with Gasteiger partial charge in [0, 0.05) is 11.6 Å². The lowest BCUT2D eigenvalue weighted by Crippen LogP contribution is -2.26. The maximum atomic E-state index is 12.3. The first-order chi connectivity index (χ1) is 11.4. The summed E-state index contributed by atoms with van der Waals surface area (Å²) in [7, 11) is 0. The van der Waals surface area contributed by atoms with E-state index in [9.17, 15) is 4.79 Å². The van der Waals surface area contributed by atoms with Crippen LogP contribution in [0.1, 0.15) is 58.4 Å². The molecule has 24 heavy (non-hydrogen) atoms. The van der Waals surface area contributed by atoms with Gasteiger partial charge in [0.2, 0.25) is 0 Å². The van der Waals surface area contributed by atoms with Crippen molar-refractivity contribution in [2.75, 3.05) is 0 Å². The standard InChI is InChI=1S/C20H27NO3/c1-20(2,3)24-19(22)21-12-11-16-13-15(9-10-18(16)21)14-23-17-7-5-4-6-8-17/h9-13,17H,4-8,14H2,1-3H3. The molecule has 1 aromatic heterocycles. The Hall–Kier alpha value is -1.81. The maximum absolute atomic E-state index is 12.3. The summed E-state index contributed by atoms with van der Waals surface area (Å²) in [4.78, 5) is 12.3. The summed E-state index contributed by atoms with van der Waals surface area (Å²) >= 11 is 0. The normalized spacial score (nSPS) is 16.5. The van der Waals surface area contributed by atoms with Gasteiger partial charge in [0.15, 0.2) is 0 Å². The first-order valence-electron chi connectivity index (χ1n) is 8.87. The summed E-state index contributed by atoms with van der Waals surface area (Å²) in [5, 5.41) is 1.03. The van der Waals surface area contributed by atoms with Crippen LogP contribution < -0.4 is 0 Å². The molecule has 0 bridgehead atoms. The van der Waals surface area contributed by atoms with E-state index in [1.54, 1.807) is 10.8 Å². The molecule has 1 heterocycles. The highest BCUT2D eigenvalue weighted by atomic mass is 16.6. The number of aromatic nitrogens is 1. The first-order valence-corrected chi connectivity index (χ1v) is 8.87. The molecule has 2 aromatic rings.